The number of nitrogens with one attached hydrogen (secondary N) is 1. The number of likely N-dealkylation sites (N-methyl/N-ethyl adjacent to an activating group) is 1. The first-order valence-corrected chi connectivity index (χ1v) is 8.12. The van der Waals surface area contributed by atoms with Crippen molar-refractivity contribution in [2.24, 2.45) is 0 Å². The molecule has 0 amide bonds. The van der Waals surface area contributed by atoms with Crippen molar-refractivity contribution < 1.29 is 0 Å². The lowest BCUT2D eigenvalue weighted by atomic mass is 10.1. The Morgan fingerprint density at radius 1 is 1.35 bits per heavy atom. The number of hydrogen-bond acceptors (Lipinski definition) is 5. The average molecular weight is 293 g/mol. The predicted molar refractivity (Wildman–Crippen MR) is 82.0 cm³/mol. The molecule has 20 heavy (non-hydrogen) atoms. The minimum absolute atomic E-state index is 0.362. The molecule has 0 aliphatic rings. The van der Waals surface area contributed by atoms with Crippen LogP contribution in [0.2, 0.25) is 0 Å². The second-order valence-corrected chi connectivity index (χ2v) is 5.98. The first kappa shape index (κ1) is 15.1. The van der Waals surface area contributed by atoms with Crippen molar-refractivity contribution in [1.82, 2.24) is 25.1 Å². The summed E-state index contributed by atoms with van der Waals surface area (Å²) in [6.07, 6.45) is 4.57. The molecule has 0 spiro atoms. The topological polar surface area (TPSA) is 55.6 Å². The maximum Gasteiger partial charge on any atom is 0.138 e. The van der Waals surface area contributed by atoms with E-state index in [-0.39, 0.29) is 0 Å². The minimum Gasteiger partial charge on any atom is -0.313 e. The number of rotatable bonds is 8. The Bertz CT molecular complexity index is 519. The number of thiazole rings is 1. The molecule has 5 nitrogen and oxygen atoms in total. The third-order valence-electron chi connectivity index (χ3n) is 3.18. The molecule has 2 aromatic rings. The summed E-state index contributed by atoms with van der Waals surface area (Å²) in [5.74, 6) is 1.06. The molecule has 6 heteroatoms. The molecule has 0 saturated carbocycles. The summed E-state index contributed by atoms with van der Waals surface area (Å²) in [4.78, 5) is 8.95. The monoisotopic (exact) mass is 293 g/mol. The van der Waals surface area contributed by atoms with E-state index >= 15 is 0 Å². The lowest BCUT2D eigenvalue weighted by molar-refractivity contribution is 0.479. The molecule has 2 rings (SSSR count). The molecule has 2 aromatic heterocycles. The molecule has 1 unspecified atom stereocenters. The first-order chi connectivity index (χ1) is 9.72. The van der Waals surface area contributed by atoms with Gasteiger partial charge in [-0.3, -0.25) is 4.68 Å². The average Bonchev–Trinajstić information content (AvgIpc) is 3.00. The molecular weight excluding hydrogens is 270 g/mol. The van der Waals surface area contributed by atoms with Crippen LogP contribution < -0.4 is 5.32 Å². The SMILES string of the molecule is CCCn1ncnc1CC(Cc1csc(C)n1)NCC. The zero-order valence-corrected chi connectivity index (χ0v) is 13.3. The molecule has 0 aromatic carbocycles. The normalized spacial score (nSPS) is 12.8. The summed E-state index contributed by atoms with van der Waals surface area (Å²) in [5, 5.41) is 11.1. The fourth-order valence-corrected chi connectivity index (χ4v) is 2.95. The van der Waals surface area contributed by atoms with Crippen LogP contribution in [0.4, 0.5) is 0 Å². The van der Waals surface area contributed by atoms with Crippen LogP contribution in [-0.2, 0) is 19.4 Å². The molecule has 0 radical (unpaired) electrons. The molecule has 0 fully saturated rings. The van der Waals surface area contributed by atoms with Crippen molar-refractivity contribution in [1.29, 1.82) is 0 Å². The number of aryl methyl sites for hydroxylation is 2. The van der Waals surface area contributed by atoms with Gasteiger partial charge in [-0.25, -0.2) is 9.97 Å². The third kappa shape index (κ3) is 4.11. The van der Waals surface area contributed by atoms with Crippen LogP contribution in [0.25, 0.3) is 0 Å². The van der Waals surface area contributed by atoms with Gasteiger partial charge in [0.25, 0.3) is 0 Å². The lowest BCUT2D eigenvalue weighted by Gasteiger charge is -2.16. The van der Waals surface area contributed by atoms with Gasteiger partial charge in [0.15, 0.2) is 0 Å². The Hall–Kier alpha value is -1.27. The molecular formula is C14H23N5S. The van der Waals surface area contributed by atoms with Crippen molar-refractivity contribution in [2.45, 2.75) is 52.6 Å². The maximum absolute atomic E-state index is 4.56. The van der Waals surface area contributed by atoms with Crippen molar-refractivity contribution in [3.63, 3.8) is 0 Å². The van der Waals surface area contributed by atoms with Crippen molar-refractivity contribution in [2.75, 3.05) is 6.54 Å². The second-order valence-electron chi connectivity index (χ2n) is 4.92. The smallest absolute Gasteiger partial charge is 0.138 e. The van der Waals surface area contributed by atoms with Crippen LogP contribution in [0.1, 0.15) is 36.8 Å². The second kappa shape index (κ2) is 7.50. The predicted octanol–water partition coefficient (Wildman–Crippen LogP) is 2.22. The third-order valence-corrected chi connectivity index (χ3v) is 4.00. The summed E-state index contributed by atoms with van der Waals surface area (Å²) < 4.78 is 2.01. The summed E-state index contributed by atoms with van der Waals surface area (Å²) in [6.45, 7) is 8.23. The van der Waals surface area contributed by atoms with E-state index in [1.165, 1.54) is 5.69 Å². The van der Waals surface area contributed by atoms with E-state index in [1.807, 2.05) is 11.6 Å². The molecule has 110 valence electrons. The fraction of sp³-hybridized carbons (Fsp3) is 0.643. The van der Waals surface area contributed by atoms with Crippen LogP contribution in [0.3, 0.4) is 0 Å². The van der Waals surface area contributed by atoms with Crippen LogP contribution in [-0.4, -0.2) is 32.3 Å². The zero-order valence-electron chi connectivity index (χ0n) is 12.5. The van der Waals surface area contributed by atoms with Crippen LogP contribution in [0.15, 0.2) is 11.7 Å². The summed E-state index contributed by atoms with van der Waals surface area (Å²) >= 11 is 1.71. The maximum atomic E-state index is 4.56. The molecule has 0 bridgehead atoms. The van der Waals surface area contributed by atoms with Crippen LogP contribution >= 0.6 is 11.3 Å². The molecule has 2 heterocycles. The molecule has 1 atom stereocenters. The van der Waals surface area contributed by atoms with Crippen molar-refractivity contribution in [3.8, 4) is 0 Å². The quantitative estimate of drug-likeness (QED) is 0.811. The fourth-order valence-electron chi connectivity index (χ4n) is 2.32. The van der Waals surface area contributed by atoms with Gasteiger partial charge in [0, 0.05) is 30.8 Å². The minimum atomic E-state index is 0.362. The Morgan fingerprint density at radius 2 is 2.20 bits per heavy atom. The van der Waals surface area contributed by atoms with Gasteiger partial charge in [0.05, 0.1) is 10.7 Å². The van der Waals surface area contributed by atoms with Crippen LogP contribution in [0.5, 0.6) is 0 Å². The molecule has 0 aliphatic carbocycles. The van der Waals surface area contributed by atoms with E-state index in [0.717, 1.165) is 43.2 Å². The Morgan fingerprint density at radius 3 is 2.85 bits per heavy atom. The van der Waals surface area contributed by atoms with Crippen LogP contribution in [0, 0.1) is 6.92 Å². The highest BCUT2D eigenvalue weighted by atomic mass is 32.1. The van der Waals surface area contributed by atoms with Gasteiger partial charge in [-0.15, -0.1) is 11.3 Å². The van der Waals surface area contributed by atoms with E-state index in [0.29, 0.717) is 6.04 Å². The largest absolute Gasteiger partial charge is 0.313 e. The number of hydrogen-bond donors (Lipinski definition) is 1. The Kier molecular flexibility index (Phi) is 5.67. The van der Waals surface area contributed by atoms with Crippen molar-refractivity contribution in [3.05, 3.63) is 28.2 Å². The van der Waals surface area contributed by atoms with E-state index in [9.17, 15) is 0 Å². The van der Waals surface area contributed by atoms with Gasteiger partial charge in [0.2, 0.25) is 0 Å². The molecule has 0 aliphatic heterocycles. The highest BCUT2D eigenvalue weighted by molar-refractivity contribution is 7.09. The number of nitrogens with zero attached hydrogens (tertiary/aromatic N) is 4. The summed E-state index contributed by atoms with van der Waals surface area (Å²) in [5.41, 5.74) is 1.17. The summed E-state index contributed by atoms with van der Waals surface area (Å²) in [6, 6.07) is 0.362. The van der Waals surface area contributed by atoms with Gasteiger partial charge in [0.1, 0.15) is 12.2 Å². The number of aromatic nitrogens is 4. The van der Waals surface area contributed by atoms with Gasteiger partial charge < -0.3 is 5.32 Å². The Balaban J connectivity index is 2.02. The molecule has 0 saturated heterocycles. The summed E-state index contributed by atoms with van der Waals surface area (Å²) in [7, 11) is 0. The van der Waals surface area contributed by atoms with Gasteiger partial charge in [-0.1, -0.05) is 13.8 Å². The van der Waals surface area contributed by atoms with E-state index in [4.69, 9.17) is 0 Å². The standard InChI is InChI=1S/C14H23N5S/c1-4-6-19-14(16-10-17-19)8-12(15-5-2)7-13-9-20-11(3)18-13/h9-10,12,15H,4-8H2,1-3H3. The first-order valence-electron chi connectivity index (χ1n) is 7.24. The molecule has 1 N–H and O–H groups in total. The van der Waals surface area contributed by atoms with E-state index in [1.54, 1.807) is 17.7 Å². The van der Waals surface area contributed by atoms with Gasteiger partial charge in [-0.05, 0) is 19.9 Å². The van der Waals surface area contributed by atoms with Gasteiger partial charge in [-0.2, -0.15) is 5.10 Å². The Labute approximate surface area is 124 Å². The highest BCUT2D eigenvalue weighted by Crippen LogP contribution is 2.12. The van der Waals surface area contributed by atoms with Gasteiger partial charge >= 0.3 is 0 Å². The van der Waals surface area contributed by atoms with E-state index < -0.39 is 0 Å². The highest BCUT2D eigenvalue weighted by Gasteiger charge is 2.15. The lowest BCUT2D eigenvalue weighted by Crippen LogP contribution is -2.34. The van der Waals surface area contributed by atoms with E-state index in [2.05, 4.69) is 39.6 Å². The van der Waals surface area contributed by atoms with Crippen molar-refractivity contribution >= 4 is 11.3 Å². The zero-order chi connectivity index (χ0) is 14.4.